The molecule has 2 aliphatic carbocycles. The van der Waals surface area contributed by atoms with E-state index in [0.717, 1.165) is 35.1 Å². The summed E-state index contributed by atoms with van der Waals surface area (Å²) in [5, 5.41) is 14.9. The second kappa shape index (κ2) is 9.49. The third-order valence-electron chi connectivity index (χ3n) is 6.62. The number of carboxylic acid groups (broad SMARTS) is 1. The largest absolute Gasteiger partial charge is 0.480 e. The lowest BCUT2D eigenvalue weighted by atomic mass is 9.86. The molecule has 2 aliphatic rings. The summed E-state index contributed by atoms with van der Waals surface area (Å²) in [6.07, 6.45) is 1.78. The average Bonchev–Trinajstić information content (AvgIpc) is 3.55. The van der Waals surface area contributed by atoms with Crippen molar-refractivity contribution >= 4 is 18.0 Å². The number of amides is 2. The van der Waals surface area contributed by atoms with Crippen LogP contribution in [-0.2, 0) is 14.3 Å². The third kappa shape index (κ3) is 5.24. The van der Waals surface area contributed by atoms with E-state index in [1.807, 2.05) is 36.4 Å². The van der Waals surface area contributed by atoms with Crippen LogP contribution in [-0.4, -0.2) is 41.8 Å². The molecular formula is C27H32N2O5. The van der Waals surface area contributed by atoms with Gasteiger partial charge in [-0.05, 0) is 40.0 Å². The Kier molecular flexibility index (Phi) is 6.64. The molecule has 0 bridgehead atoms. The average molecular weight is 465 g/mol. The molecule has 0 heterocycles. The highest BCUT2D eigenvalue weighted by atomic mass is 16.5. The van der Waals surface area contributed by atoms with Crippen molar-refractivity contribution in [2.45, 2.75) is 58.0 Å². The molecule has 0 saturated heterocycles. The van der Waals surface area contributed by atoms with Gasteiger partial charge in [0.05, 0.1) is 0 Å². The fourth-order valence-electron chi connectivity index (χ4n) is 4.59. The van der Waals surface area contributed by atoms with Gasteiger partial charge in [0.15, 0.2) is 0 Å². The lowest BCUT2D eigenvalue weighted by molar-refractivity contribution is -0.145. The maximum Gasteiger partial charge on any atom is 0.407 e. The smallest absolute Gasteiger partial charge is 0.407 e. The van der Waals surface area contributed by atoms with Crippen molar-refractivity contribution in [1.29, 1.82) is 0 Å². The molecule has 0 spiro atoms. The number of carbonyl (C=O) groups is 3. The second-order valence-electron chi connectivity index (χ2n) is 10.3. The number of nitrogens with one attached hydrogen (secondary N) is 2. The number of alkyl carbamates (subject to hydrolysis) is 1. The fraction of sp³-hybridized carbons (Fsp3) is 0.444. The minimum atomic E-state index is -1.10. The molecule has 4 rings (SSSR count). The van der Waals surface area contributed by atoms with Gasteiger partial charge >= 0.3 is 12.1 Å². The van der Waals surface area contributed by atoms with Crippen LogP contribution in [0.15, 0.2) is 48.5 Å². The molecule has 1 fully saturated rings. The Morgan fingerprint density at radius 3 is 2.03 bits per heavy atom. The summed E-state index contributed by atoms with van der Waals surface area (Å²) >= 11 is 0. The molecule has 34 heavy (non-hydrogen) atoms. The van der Waals surface area contributed by atoms with Crippen LogP contribution in [0.2, 0.25) is 0 Å². The van der Waals surface area contributed by atoms with Crippen molar-refractivity contribution in [2.75, 3.05) is 6.61 Å². The molecule has 2 aromatic carbocycles. The van der Waals surface area contributed by atoms with Crippen LogP contribution in [0, 0.1) is 11.3 Å². The zero-order valence-corrected chi connectivity index (χ0v) is 19.8. The summed E-state index contributed by atoms with van der Waals surface area (Å²) < 4.78 is 5.60. The molecule has 2 aromatic rings. The van der Waals surface area contributed by atoms with Gasteiger partial charge in [-0.2, -0.15) is 0 Å². The molecule has 1 unspecified atom stereocenters. The first-order chi connectivity index (χ1) is 16.1. The first kappa shape index (κ1) is 23.8. The molecule has 180 valence electrons. The summed E-state index contributed by atoms with van der Waals surface area (Å²) in [6, 6.07) is 14.3. The Morgan fingerprint density at radius 2 is 1.53 bits per heavy atom. The van der Waals surface area contributed by atoms with E-state index in [4.69, 9.17) is 4.74 Å². The zero-order chi connectivity index (χ0) is 24.5. The van der Waals surface area contributed by atoms with E-state index in [2.05, 4.69) is 22.8 Å². The molecule has 0 radical (unpaired) electrons. The van der Waals surface area contributed by atoms with E-state index in [1.165, 1.54) is 0 Å². The fourth-order valence-corrected chi connectivity index (χ4v) is 4.59. The van der Waals surface area contributed by atoms with Gasteiger partial charge in [-0.15, -0.1) is 0 Å². The van der Waals surface area contributed by atoms with Crippen LogP contribution < -0.4 is 10.6 Å². The number of rotatable bonds is 8. The van der Waals surface area contributed by atoms with Crippen molar-refractivity contribution in [1.82, 2.24) is 10.6 Å². The van der Waals surface area contributed by atoms with E-state index in [-0.39, 0.29) is 12.5 Å². The van der Waals surface area contributed by atoms with Gasteiger partial charge in [0.25, 0.3) is 0 Å². The minimum Gasteiger partial charge on any atom is -0.480 e. The second-order valence-corrected chi connectivity index (χ2v) is 10.3. The van der Waals surface area contributed by atoms with Crippen LogP contribution in [0.4, 0.5) is 4.79 Å². The summed E-state index contributed by atoms with van der Waals surface area (Å²) in [4.78, 5) is 37.4. The molecular weight excluding hydrogens is 432 g/mol. The third-order valence-corrected chi connectivity index (χ3v) is 6.62. The highest BCUT2D eigenvalue weighted by molar-refractivity contribution is 5.89. The predicted molar refractivity (Wildman–Crippen MR) is 128 cm³/mol. The first-order valence-electron chi connectivity index (χ1n) is 11.8. The number of carboxylic acids is 1. The first-order valence-corrected chi connectivity index (χ1v) is 11.8. The van der Waals surface area contributed by atoms with E-state index < -0.39 is 35.5 Å². The molecule has 0 aliphatic heterocycles. The molecule has 7 nitrogen and oxygen atoms in total. The standard InChI is InChI=1S/C27H32N2O5/c1-27(2,3)23(25(31)32)29-24(30)22(14-16-12-13-16)28-26(33)34-15-21-19-10-6-4-8-17(19)18-9-5-7-11-20(18)21/h4-11,16,21-23H,12-15H2,1-3H3,(H,28,33)(H,29,30)(H,31,32)/t22?,23-/m0/s1. The number of fused-ring (bicyclic) bond motifs is 3. The van der Waals surface area contributed by atoms with Crippen molar-refractivity contribution in [2.24, 2.45) is 11.3 Å². The summed E-state index contributed by atoms with van der Waals surface area (Å²) in [5.41, 5.74) is 3.83. The van der Waals surface area contributed by atoms with Crippen molar-refractivity contribution in [3.05, 3.63) is 59.7 Å². The molecule has 2 atom stereocenters. The number of carbonyl (C=O) groups excluding carboxylic acids is 2. The topological polar surface area (TPSA) is 105 Å². The highest BCUT2D eigenvalue weighted by Crippen LogP contribution is 2.44. The van der Waals surface area contributed by atoms with Gasteiger partial charge < -0.3 is 20.5 Å². The monoisotopic (exact) mass is 464 g/mol. The summed E-state index contributed by atoms with van der Waals surface area (Å²) in [7, 11) is 0. The van der Waals surface area contributed by atoms with Crippen molar-refractivity contribution in [3.63, 3.8) is 0 Å². The minimum absolute atomic E-state index is 0.0776. The molecule has 3 N–H and O–H groups in total. The molecule has 7 heteroatoms. The van der Waals surface area contributed by atoms with Crippen molar-refractivity contribution < 1.29 is 24.2 Å². The molecule has 1 saturated carbocycles. The maximum atomic E-state index is 12.9. The highest BCUT2D eigenvalue weighted by Gasteiger charge is 2.37. The van der Waals surface area contributed by atoms with E-state index in [9.17, 15) is 19.5 Å². The Balaban J connectivity index is 1.42. The normalized spacial score (nSPS) is 16.7. The Hall–Kier alpha value is -3.35. The number of benzene rings is 2. The van der Waals surface area contributed by atoms with Crippen LogP contribution >= 0.6 is 0 Å². The number of hydrogen-bond donors (Lipinski definition) is 3. The maximum absolute atomic E-state index is 12.9. The van der Waals surface area contributed by atoms with Crippen molar-refractivity contribution in [3.8, 4) is 11.1 Å². The van der Waals surface area contributed by atoms with Gasteiger partial charge in [0, 0.05) is 5.92 Å². The van der Waals surface area contributed by atoms with Gasteiger partial charge in [-0.1, -0.05) is 82.1 Å². The van der Waals surface area contributed by atoms with Crippen LogP contribution in [0.25, 0.3) is 11.1 Å². The number of hydrogen-bond acceptors (Lipinski definition) is 4. The predicted octanol–water partition coefficient (Wildman–Crippen LogP) is 4.31. The van der Waals surface area contributed by atoms with E-state index in [0.29, 0.717) is 12.3 Å². The number of aliphatic carboxylic acids is 1. The number of ether oxygens (including phenoxy) is 1. The van der Waals surface area contributed by atoms with Gasteiger partial charge in [-0.25, -0.2) is 9.59 Å². The lowest BCUT2D eigenvalue weighted by Gasteiger charge is -2.29. The van der Waals surface area contributed by atoms with Gasteiger partial charge in [0.2, 0.25) is 5.91 Å². The Labute approximate surface area is 199 Å². The summed E-state index contributed by atoms with van der Waals surface area (Å²) in [6.45, 7) is 5.40. The van der Waals surface area contributed by atoms with Gasteiger partial charge in [-0.3, -0.25) is 4.79 Å². The van der Waals surface area contributed by atoms with Gasteiger partial charge in [0.1, 0.15) is 18.7 Å². The van der Waals surface area contributed by atoms with E-state index in [1.54, 1.807) is 20.8 Å². The van der Waals surface area contributed by atoms with Crippen LogP contribution in [0.1, 0.15) is 57.1 Å². The quantitative estimate of drug-likeness (QED) is 0.540. The van der Waals surface area contributed by atoms with E-state index >= 15 is 0 Å². The van der Waals surface area contributed by atoms with Crippen LogP contribution in [0.5, 0.6) is 0 Å². The molecule has 0 aromatic heterocycles. The summed E-state index contributed by atoms with van der Waals surface area (Å²) in [5.74, 6) is -1.33. The zero-order valence-electron chi connectivity index (χ0n) is 19.8. The van der Waals surface area contributed by atoms with Crippen LogP contribution in [0.3, 0.4) is 0 Å². The lowest BCUT2D eigenvalue weighted by Crippen LogP contribution is -2.55. The molecule has 2 amide bonds. The Bertz CT molecular complexity index is 1040. The Morgan fingerprint density at radius 1 is 0.971 bits per heavy atom. The SMILES string of the molecule is CC(C)(C)[C@@H](NC(=O)C(CC1CC1)NC(=O)OCC1c2ccccc2-c2ccccc21)C(=O)O.